The molecule has 2 fully saturated rings. The van der Waals surface area contributed by atoms with Gasteiger partial charge in [0.05, 0.1) is 32.5 Å². The molecule has 1 aromatic rings. The van der Waals surface area contributed by atoms with Crippen LogP contribution in [0.3, 0.4) is 0 Å². The third-order valence-corrected chi connectivity index (χ3v) is 9.72. The van der Waals surface area contributed by atoms with Crippen molar-refractivity contribution in [1.29, 1.82) is 0 Å². The predicted octanol–water partition coefficient (Wildman–Crippen LogP) is 4.86. The van der Waals surface area contributed by atoms with Crippen LogP contribution in [0.2, 0.25) is 5.02 Å². The Balaban J connectivity index is 1.74. The zero-order chi connectivity index (χ0) is 20.8. The molecule has 4 atom stereocenters. The van der Waals surface area contributed by atoms with Crippen LogP contribution in [0.5, 0.6) is 0 Å². The van der Waals surface area contributed by atoms with Gasteiger partial charge in [0.25, 0.3) is 11.8 Å². The van der Waals surface area contributed by atoms with Gasteiger partial charge in [0.2, 0.25) is 0 Å². The van der Waals surface area contributed by atoms with E-state index in [0.717, 1.165) is 0 Å². The Bertz CT molecular complexity index is 949. The van der Waals surface area contributed by atoms with Gasteiger partial charge in [0.1, 0.15) is 9.75 Å². The number of fused-ring (bicyclic) bond motifs is 5. The molecular weight excluding hydrogens is 518 g/mol. The molecule has 1 heterocycles. The summed E-state index contributed by atoms with van der Waals surface area (Å²) in [5.74, 6) is -5.74. The van der Waals surface area contributed by atoms with E-state index in [-0.39, 0.29) is 25.7 Å². The van der Waals surface area contributed by atoms with Gasteiger partial charge >= 0.3 is 5.97 Å². The van der Waals surface area contributed by atoms with E-state index in [0.29, 0.717) is 0 Å². The number of hydrogen-bond acceptors (Lipinski definition) is 4. The molecule has 148 valence electrons. The Hall–Kier alpha value is -0.400. The third-order valence-electron chi connectivity index (χ3n) is 5.14. The molecule has 1 saturated carbocycles. The standard InChI is InChI=1S/C16H6Cl7NO4/c17-6-4-2-1-3-5(6)13(27)28-24-11(25)7-8(12(24)26)15(21)10(19)9(18)14(7,20)16(15,22)23/h1-4,7-8H/t7-,8-,14+,15+/m1/s1. The number of alkyl halides is 4. The highest BCUT2D eigenvalue weighted by Crippen LogP contribution is 2.77. The summed E-state index contributed by atoms with van der Waals surface area (Å²) in [4.78, 5) is 39.3. The average Bonchev–Trinajstić information content (AvgIpc) is 3.01. The summed E-state index contributed by atoms with van der Waals surface area (Å²) < 4.78 is -2.06. The highest BCUT2D eigenvalue weighted by Gasteiger charge is 2.88. The van der Waals surface area contributed by atoms with Gasteiger partial charge in [-0.2, -0.15) is 0 Å². The second-order valence-corrected chi connectivity index (χ2v) is 10.1. The van der Waals surface area contributed by atoms with Crippen molar-refractivity contribution in [2.45, 2.75) is 14.1 Å². The van der Waals surface area contributed by atoms with Crippen molar-refractivity contribution in [3.63, 3.8) is 0 Å². The summed E-state index contributed by atoms with van der Waals surface area (Å²) in [6.07, 6.45) is 0. The van der Waals surface area contributed by atoms with Crippen LogP contribution in [0.15, 0.2) is 34.3 Å². The molecule has 4 rings (SSSR count). The zero-order valence-electron chi connectivity index (χ0n) is 13.2. The molecule has 5 nitrogen and oxygen atoms in total. The Kier molecular flexibility index (Phi) is 4.69. The molecule has 12 heteroatoms. The van der Waals surface area contributed by atoms with Crippen molar-refractivity contribution in [1.82, 2.24) is 5.06 Å². The van der Waals surface area contributed by atoms with Gasteiger partial charge in [0.15, 0.2) is 4.33 Å². The minimum absolute atomic E-state index is 0.0517. The Morgan fingerprint density at radius 3 is 1.82 bits per heavy atom. The number of benzene rings is 1. The van der Waals surface area contributed by atoms with E-state index in [2.05, 4.69) is 0 Å². The summed E-state index contributed by atoms with van der Waals surface area (Å²) in [6, 6.07) is 5.94. The molecule has 28 heavy (non-hydrogen) atoms. The maximum Gasteiger partial charge on any atom is 0.365 e. The Morgan fingerprint density at radius 1 is 0.893 bits per heavy atom. The van der Waals surface area contributed by atoms with Crippen LogP contribution in [0, 0.1) is 11.8 Å². The van der Waals surface area contributed by atoms with Crippen molar-refractivity contribution in [3.05, 3.63) is 44.9 Å². The van der Waals surface area contributed by atoms with Crippen molar-refractivity contribution in [2.24, 2.45) is 11.8 Å². The molecular formula is C16H6Cl7NO4. The maximum absolute atomic E-state index is 12.9. The fourth-order valence-electron chi connectivity index (χ4n) is 3.82. The van der Waals surface area contributed by atoms with E-state index in [9.17, 15) is 14.4 Å². The largest absolute Gasteiger partial charge is 0.365 e. The summed E-state index contributed by atoms with van der Waals surface area (Å²) in [5.41, 5.74) is -0.0517. The molecule has 0 aromatic heterocycles. The minimum atomic E-state index is -2.06. The summed E-state index contributed by atoms with van der Waals surface area (Å²) >= 11 is 44.1. The molecule has 3 aliphatic rings. The van der Waals surface area contributed by atoms with Crippen molar-refractivity contribution < 1.29 is 19.2 Å². The van der Waals surface area contributed by atoms with E-state index >= 15 is 0 Å². The lowest BCUT2D eigenvalue weighted by atomic mass is 9.84. The molecule has 0 radical (unpaired) electrons. The van der Waals surface area contributed by atoms with Crippen LogP contribution >= 0.6 is 81.2 Å². The maximum atomic E-state index is 12.9. The topological polar surface area (TPSA) is 63.7 Å². The van der Waals surface area contributed by atoms with Gasteiger partial charge < -0.3 is 4.84 Å². The molecule has 1 saturated heterocycles. The zero-order valence-corrected chi connectivity index (χ0v) is 18.5. The lowest BCUT2D eigenvalue weighted by Gasteiger charge is -2.34. The normalized spacial score (nSPS) is 35.6. The van der Waals surface area contributed by atoms with Crippen molar-refractivity contribution in [2.75, 3.05) is 0 Å². The van der Waals surface area contributed by atoms with Gasteiger partial charge in [-0.1, -0.05) is 70.1 Å². The molecule has 1 aromatic carbocycles. The van der Waals surface area contributed by atoms with E-state index in [4.69, 9.17) is 86.0 Å². The van der Waals surface area contributed by atoms with Gasteiger partial charge in [-0.05, 0) is 12.1 Å². The van der Waals surface area contributed by atoms with Crippen LogP contribution in [0.1, 0.15) is 10.4 Å². The van der Waals surface area contributed by atoms with Gasteiger partial charge in [-0.3, -0.25) is 9.59 Å². The number of carbonyl (C=O) groups excluding carboxylic acids is 3. The smallest absolute Gasteiger partial charge is 0.325 e. The number of hydroxylamine groups is 2. The first-order chi connectivity index (χ1) is 12.9. The van der Waals surface area contributed by atoms with Gasteiger partial charge in [-0.25, -0.2) is 4.79 Å². The van der Waals surface area contributed by atoms with E-state index in [1.807, 2.05) is 0 Å². The number of imide groups is 1. The average molecular weight is 524 g/mol. The van der Waals surface area contributed by atoms with Crippen LogP contribution in [0.25, 0.3) is 0 Å². The summed E-state index contributed by atoms with van der Waals surface area (Å²) in [6.45, 7) is 0. The SMILES string of the molecule is O=C(ON1C(=O)[C@H]2[C@H](C1=O)[C@]1(Cl)C(Cl)=C(Cl)[C@]2(Cl)C1(Cl)Cl)c1ccccc1Cl. The number of amides is 2. The fourth-order valence-corrected chi connectivity index (χ4v) is 6.96. The Morgan fingerprint density at radius 2 is 1.36 bits per heavy atom. The second kappa shape index (κ2) is 6.30. The van der Waals surface area contributed by atoms with Crippen LogP contribution in [-0.2, 0) is 14.4 Å². The minimum Gasteiger partial charge on any atom is -0.325 e. The van der Waals surface area contributed by atoms with Crippen molar-refractivity contribution in [3.8, 4) is 0 Å². The first kappa shape index (κ1) is 20.9. The highest BCUT2D eigenvalue weighted by atomic mass is 35.5. The quantitative estimate of drug-likeness (QED) is 0.410. The number of rotatable bonds is 2. The lowest BCUT2D eigenvalue weighted by molar-refractivity contribution is -0.175. The number of allylic oxidation sites excluding steroid dienone is 2. The summed E-state index contributed by atoms with van der Waals surface area (Å²) in [5, 5.41) is -0.129. The molecule has 0 unspecified atom stereocenters. The van der Waals surface area contributed by atoms with Gasteiger partial charge in [-0.15, -0.1) is 28.3 Å². The highest BCUT2D eigenvalue weighted by molar-refractivity contribution is 6.66. The molecule has 2 amide bonds. The predicted molar refractivity (Wildman–Crippen MR) is 106 cm³/mol. The summed E-state index contributed by atoms with van der Waals surface area (Å²) in [7, 11) is 0. The van der Waals surface area contributed by atoms with E-state index in [1.54, 1.807) is 6.07 Å². The monoisotopic (exact) mass is 521 g/mol. The van der Waals surface area contributed by atoms with Crippen molar-refractivity contribution >= 4 is 99.0 Å². The molecule has 1 aliphatic heterocycles. The van der Waals surface area contributed by atoms with Crippen LogP contribution < -0.4 is 0 Å². The third kappa shape index (κ3) is 2.16. The van der Waals surface area contributed by atoms with Crippen LogP contribution in [-0.4, -0.2) is 36.9 Å². The fraction of sp³-hybridized carbons (Fsp3) is 0.312. The molecule has 2 bridgehead atoms. The van der Waals surface area contributed by atoms with Gasteiger partial charge in [0, 0.05) is 0 Å². The van der Waals surface area contributed by atoms with Crippen LogP contribution in [0.4, 0.5) is 0 Å². The molecule has 2 aliphatic carbocycles. The number of hydrogen-bond donors (Lipinski definition) is 0. The molecule has 0 N–H and O–H groups in total. The number of carbonyl (C=O) groups is 3. The first-order valence-electron chi connectivity index (χ1n) is 7.58. The van der Waals surface area contributed by atoms with E-state index in [1.165, 1.54) is 18.2 Å². The first-order valence-corrected chi connectivity index (χ1v) is 10.2. The number of halogens is 7. The van der Waals surface area contributed by atoms with E-state index < -0.39 is 43.7 Å². The Labute approximate surface area is 193 Å². The molecule has 0 spiro atoms. The number of nitrogens with zero attached hydrogens (tertiary/aromatic N) is 1. The lowest BCUT2D eigenvalue weighted by Crippen LogP contribution is -2.50. The second-order valence-electron chi connectivity index (χ2n) is 6.41.